The van der Waals surface area contributed by atoms with Crippen LogP contribution in [-0.2, 0) is 27.7 Å². The van der Waals surface area contributed by atoms with Crippen LogP contribution in [0.4, 0.5) is 5.69 Å². The van der Waals surface area contributed by atoms with Gasteiger partial charge in [0.2, 0.25) is 27.6 Å². The maximum atomic E-state index is 12.8. The van der Waals surface area contributed by atoms with E-state index in [2.05, 4.69) is 15.1 Å². The van der Waals surface area contributed by atoms with Gasteiger partial charge in [0.25, 0.3) is 0 Å². The van der Waals surface area contributed by atoms with Gasteiger partial charge in [-0.3, -0.25) is 9.78 Å². The van der Waals surface area contributed by atoms with Crippen molar-refractivity contribution in [1.82, 2.24) is 19.4 Å². The zero-order chi connectivity index (χ0) is 22.7. The summed E-state index contributed by atoms with van der Waals surface area (Å²) in [5.41, 5.74) is 2.42. The highest BCUT2D eigenvalue weighted by Crippen LogP contribution is 2.31. The molecule has 2 aromatic heterocycles. The zero-order valence-electron chi connectivity index (χ0n) is 18.1. The monoisotopic (exact) mass is 455 g/mol. The van der Waals surface area contributed by atoms with Crippen molar-refractivity contribution < 1.29 is 17.7 Å². The molecule has 168 valence electrons. The molecule has 9 nitrogen and oxygen atoms in total. The summed E-state index contributed by atoms with van der Waals surface area (Å²) in [5, 5.41) is 3.96. The van der Waals surface area contributed by atoms with Gasteiger partial charge in [-0.15, -0.1) is 0 Å². The first-order valence-electron chi connectivity index (χ1n) is 10.6. The number of fused-ring (bicyclic) bond motifs is 1. The highest BCUT2D eigenvalue weighted by molar-refractivity contribution is 7.89. The van der Waals surface area contributed by atoms with E-state index < -0.39 is 10.0 Å². The molecule has 1 aliphatic rings. The maximum absolute atomic E-state index is 12.8. The van der Waals surface area contributed by atoms with Crippen LogP contribution in [0.15, 0.2) is 52.1 Å². The van der Waals surface area contributed by atoms with Crippen molar-refractivity contribution in [3.63, 3.8) is 0 Å². The summed E-state index contributed by atoms with van der Waals surface area (Å²) in [6.45, 7) is 4.99. The minimum Gasteiger partial charge on any atom is -0.339 e. The fourth-order valence-corrected chi connectivity index (χ4v) is 5.34. The lowest BCUT2D eigenvalue weighted by molar-refractivity contribution is -0.118. The SMILES string of the molecule is CCN(CC)S(=O)(=O)c1ccc2c(c1)CCN2C(=O)CCc1nc(-c2ccncc2)no1. The molecule has 0 N–H and O–H groups in total. The van der Waals surface area contributed by atoms with Crippen molar-refractivity contribution in [2.24, 2.45) is 0 Å². The number of sulfonamides is 1. The van der Waals surface area contributed by atoms with Gasteiger partial charge in [-0.05, 0) is 42.3 Å². The number of hydrogen-bond donors (Lipinski definition) is 0. The molecule has 1 amide bonds. The van der Waals surface area contributed by atoms with Crippen molar-refractivity contribution in [3.8, 4) is 11.4 Å². The van der Waals surface area contributed by atoms with Crippen molar-refractivity contribution in [2.75, 3.05) is 24.5 Å². The van der Waals surface area contributed by atoms with Gasteiger partial charge in [0.15, 0.2) is 0 Å². The van der Waals surface area contributed by atoms with Gasteiger partial charge in [0, 0.05) is 56.1 Å². The number of anilines is 1. The first-order valence-corrected chi connectivity index (χ1v) is 12.0. The van der Waals surface area contributed by atoms with E-state index in [-0.39, 0.29) is 17.2 Å². The maximum Gasteiger partial charge on any atom is 0.243 e. The molecule has 4 rings (SSSR count). The van der Waals surface area contributed by atoms with E-state index in [1.54, 1.807) is 47.6 Å². The molecule has 0 spiro atoms. The van der Waals surface area contributed by atoms with E-state index in [1.807, 2.05) is 13.8 Å². The Morgan fingerprint density at radius 1 is 1.16 bits per heavy atom. The lowest BCUT2D eigenvalue weighted by Gasteiger charge is -2.20. The van der Waals surface area contributed by atoms with Crippen LogP contribution in [0.2, 0.25) is 0 Å². The largest absolute Gasteiger partial charge is 0.339 e. The fraction of sp³-hybridized carbons (Fsp3) is 0.364. The van der Waals surface area contributed by atoms with Crippen LogP contribution < -0.4 is 4.90 Å². The lowest BCUT2D eigenvalue weighted by atomic mass is 10.2. The molecule has 32 heavy (non-hydrogen) atoms. The minimum atomic E-state index is -3.53. The number of nitrogens with zero attached hydrogens (tertiary/aromatic N) is 5. The summed E-state index contributed by atoms with van der Waals surface area (Å²) >= 11 is 0. The number of carbonyl (C=O) groups is 1. The summed E-state index contributed by atoms with van der Waals surface area (Å²) in [6.07, 6.45) is 4.47. The Bertz CT molecular complexity index is 1210. The molecule has 0 unspecified atom stereocenters. The third-order valence-electron chi connectivity index (χ3n) is 5.55. The zero-order valence-corrected chi connectivity index (χ0v) is 18.9. The third-order valence-corrected chi connectivity index (χ3v) is 7.60. The molecule has 3 heterocycles. The van der Waals surface area contributed by atoms with Gasteiger partial charge in [0.1, 0.15) is 0 Å². The molecule has 1 aliphatic heterocycles. The molecule has 10 heteroatoms. The minimum absolute atomic E-state index is 0.0632. The van der Waals surface area contributed by atoms with E-state index in [1.165, 1.54) is 4.31 Å². The van der Waals surface area contributed by atoms with Crippen LogP contribution in [-0.4, -0.2) is 53.4 Å². The van der Waals surface area contributed by atoms with E-state index in [9.17, 15) is 13.2 Å². The number of aryl methyl sites for hydroxylation is 1. The molecule has 3 aromatic rings. The summed E-state index contributed by atoms with van der Waals surface area (Å²) in [4.78, 5) is 23.1. The average Bonchev–Trinajstić information content (AvgIpc) is 3.45. The second-order valence-corrected chi connectivity index (χ2v) is 9.36. The van der Waals surface area contributed by atoms with E-state index in [0.29, 0.717) is 44.2 Å². The number of amides is 1. The van der Waals surface area contributed by atoms with Gasteiger partial charge in [-0.2, -0.15) is 9.29 Å². The molecule has 0 aliphatic carbocycles. The molecular weight excluding hydrogens is 430 g/mol. The van der Waals surface area contributed by atoms with Crippen molar-refractivity contribution in [1.29, 1.82) is 0 Å². The van der Waals surface area contributed by atoms with Gasteiger partial charge in [-0.1, -0.05) is 19.0 Å². The second kappa shape index (κ2) is 9.17. The quantitative estimate of drug-likeness (QED) is 0.514. The smallest absolute Gasteiger partial charge is 0.243 e. The molecule has 0 saturated heterocycles. The molecule has 0 atom stereocenters. The molecular formula is C22H25N5O4S. The molecule has 0 radical (unpaired) electrons. The number of pyridine rings is 1. The van der Waals surface area contributed by atoms with Crippen molar-refractivity contribution in [2.45, 2.75) is 38.0 Å². The lowest BCUT2D eigenvalue weighted by Crippen LogP contribution is -2.30. The van der Waals surface area contributed by atoms with E-state index in [0.717, 1.165) is 16.8 Å². The normalized spacial score (nSPS) is 13.5. The number of aromatic nitrogens is 3. The Balaban J connectivity index is 1.43. The number of rotatable bonds is 8. The Morgan fingerprint density at radius 2 is 1.91 bits per heavy atom. The summed E-state index contributed by atoms with van der Waals surface area (Å²) < 4.78 is 32.3. The molecule has 1 aromatic carbocycles. The van der Waals surface area contributed by atoms with E-state index >= 15 is 0 Å². The van der Waals surface area contributed by atoms with Crippen LogP contribution in [0, 0.1) is 0 Å². The fourth-order valence-electron chi connectivity index (χ4n) is 3.83. The standard InChI is InChI=1S/C22H25N5O4S/c1-3-26(4-2)32(29,30)18-5-6-19-17(15-18)11-14-27(19)21(28)8-7-20-24-22(25-31-20)16-9-12-23-13-10-16/h5-6,9-10,12-13,15H,3-4,7-8,11,14H2,1-2H3. The number of hydrogen-bond acceptors (Lipinski definition) is 7. The molecule has 0 bridgehead atoms. The first kappa shape index (κ1) is 22.1. The summed E-state index contributed by atoms with van der Waals surface area (Å²) in [5.74, 6) is 0.792. The Morgan fingerprint density at radius 3 is 2.62 bits per heavy atom. The average molecular weight is 456 g/mol. The third kappa shape index (κ3) is 4.28. The Hall–Kier alpha value is -3.11. The van der Waals surface area contributed by atoms with Crippen molar-refractivity contribution in [3.05, 3.63) is 54.2 Å². The van der Waals surface area contributed by atoms with Gasteiger partial charge in [0.05, 0.1) is 4.90 Å². The van der Waals surface area contributed by atoms with Crippen LogP contribution >= 0.6 is 0 Å². The molecule has 0 saturated carbocycles. The number of benzene rings is 1. The van der Waals surface area contributed by atoms with Gasteiger partial charge < -0.3 is 9.42 Å². The summed E-state index contributed by atoms with van der Waals surface area (Å²) in [7, 11) is -3.53. The van der Waals surface area contributed by atoms with Crippen molar-refractivity contribution >= 4 is 21.6 Å². The van der Waals surface area contributed by atoms with E-state index in [4.69, 9.17) is 4.52 Å². The second-order valence-electron chi connectivity index (χ2n) is 7.42. The van der Waals surface area contributed by atoms with Crippen LogP contribution in [0.1, 0.15) is 31.7 Å². The predicted octanol–water partition coefficient (Wildman–Crippen LogP) is 2.68. The Kier molecular flexibility index (Phi) is 6.33. The number of carbonyl (C=O) groups excluding carboxylic acids is 1. The van der Waals surface area contributed by atoms with Crippen LogP contribution in [0.5, 0.6) is 0 Å². The van der Waals surface area contributed by atoms with Gasteiger partial charge >= 0.3 is 0 Å². The van der Waals surface area contributed by atoms with Gasteiger partial charge in [-0.25, -0.2) is 8.42 Å². The highest BCUT2D eigenvalue weighted by Gasteiger charge is 2.28. The molecule has 0 fully saturated rings. The topological polar surface area (TPSA) is 110 Å². The highest BCUT2D eigenvalue weighted by atomic mass is 32.2. The Labute approximate surface area is 187 Å². The summed E-state index contributed by atoms with van der Waals surface area (Å²) in [6, 6.07) is 8.57. The first-order chi connectivity index (χ1) is 15.4. The predicted molar refractivity (Wildman–Crippen MR) is 118 cm³/mol. The van der Waals surface area contributed by atoms with Crippen LogP contribution in [0.3, 0.4) is 0 Å². The van der Waals surface area contributed by atoms with Crippen LogP contribution in [0.25, 0.3) is 11.4 Å².